The van der Waals surface area contributed by atoms with Gasteiger partial charge in [-0.1, -0.05) is 24.3 Å². The highest BCUT2D eigenvalue weighted by Crippen LogP contribution is 2.48. The summed E-state index contributed by atoms with van der Waals surface area (Å²) >= 11 is 2.20. The van der Waals surface area contributed by atoms with Crippen molar-refractivity contribution in [3.8, 4) is 35.1 Å². The van der Waals surface area contributed by atoms with Crippen LogP contribution in [0.25, 0.3) is 0 Å². The highest BCUT2D eigenvalue weighted by atomic mass is 127. The van der Waals surface area contributed by atoms with Gasteiger partial charge in [0.2, 0.25) is 12.7 Å². The summed E-state index contributed by atoms with van der Waals surface area (Å²) in [7, 11) is 0. The van der Waals surface area contributed by atoms with E-state index in [9.17, 15) is 10.5 Å². The predicted molar refractivity (Wildman–Crippen MR) is 127 cm³/mol. The molecule has 7 nitrogen and oxygen atoms in total. The normalized spacial score (nSPS) is 15.8. The van der Waals surface area contributed by atoms with Gasteiger partial charge < -0.3 is 24.7 Å². The third-order valence-electron chi connectivity index (χ3n) is 5.52. The standard InChI is InChI=1S/C25H16IN3O4/c26-19-7-14(5-6-20(19)30-12-16-4-2-1-3-15(16)10-27)24-17-8-22-23(32-13-31-22)9-21(17)33-25(29)18(24)11-28/h1-9,24H,12-13,29H2/t24-/m1/s1. The molecule has 0 unspecified atom stereocenters. The fourth-order valence-electron chi connectivity index (χ4n) is 3.91. The number of nitriles is 2. The van der Waals surface area contributed by atoms with E-state index in [1.54, 1.807) is 12.1 Å². The number of hydrogen-bond acceptors (Lipinski definition) is 7. The van der Waals surface area contributed by atoms with Crippen LogP contribution in [0, 0.1) is 26.2 Å². The van der Waals surface area contributed by atoms with Crippen LogP contribution in [-0.2, 0) is 6.61 Å². The molecule has 0 bridgehead atoms. The van der Waals surface area contributed by atoms with E-state index < -0.39 is 5.92 Å². The second-order valence-electron chi connectivity index (χ2n) is 7.42. The van der Waals surface area contributed by atoms with E-state index in [-0.39, 0.29) is 19.3 Å². The maximum Gasteiger partial charge on any atom is 0.231 e. The first-order valence-electron chi connectivity index (χ1n) is 10.0. The largest absolute Gasteiger partial charge is 0.488 e. The summed E-state index contributed by atoms with van der Waals surface area (Å²) in [6, 6.07) is 21.0. The third kappa shape index (κ3) is 3.79. The van der Waals surface area contributed by atoms with Crippen molar-refractivity contribution >= 4 is 22.6 Å². The van der Waals surface area contributed by atoms with Crippen LogP contribution in [0.3, 0.4) is 0 Å². The van der Waals surface area contributed by atoms with Gasteiger partial charge in [-0.15, -0.1) is 0 Å². The number of allylic oxidation sites excluding steroid dienone is 1. The fraction of sp³-hybridized carbons (Fsp3) is 0.120. The number of nitrogens with zero attached hydrogens (tertiary/aromatic N) is 2. The van der Waals surface area contributed by atoms with E-state index in [4.69, 9.17) is 24.7 Å². The smallest absolute Gasteiger partial charge is 0.231 e. The number of fused-ring (bicyclic) bond motifs is 2. The lowest BCUT2D eigenvalue weighted by Crippen LogP contribution is -2.21. The summed E-state index contributed by atoms with van der Waals surface area (Å²) in [5.41, 5.74) is 9.47. The first kappa shape index (κ1) is 21.0. The number of nitrogens with two attached hydrogens (primary N) is 1. The third-order valence-corrected chi connectivity index (χ3v) is 6.36. The lowest BCUT2D eigenvalue weighted by molar-refractivity contribution is 0.174. The van der Waals surface area contributed by atoms with E-state index >= 15 is 0 Å². The van der Waals surface area contributed by atoms with Crippen LogP contribution >= 0.6 is 22.6 Å². The zero-order valence-electron chi connectivity index (χ0n) is 17.2. The van der Waals surface area contributed by atoms with Crippen molar-refractivity contribution in [2.24, 2.45) is 5.73 Å². The van der Waals surface area contributed by atoms with Crippen molar-refractivity contribution in [2.45, 2.75) is 12.5 Å². The lowest BCUT2D eigenvalue weighted by atomic mass is 9.83. The van der Waals surface area contributed by atoms with Gasteiger partial charge in [-0.3, -0.25) is 0 Å². The summed E-state index contributed by atoms with van der Waals surface area (Å²) in [4.78, 5) is 0. The Labute approximate surface area is 203 Å². The van der Waals surface area contributed by atoms with Gasteiger partial charge in [0.15, 0.2) is 11.5 Å². The fourth-order valence-corrected chi connectivity index (χ4v) is 4.61. The zero-order chi connectivity index (χ0) is 22.9. The van der Waals surface area contributed by atoms with Gasteiger partial charge in [0.05, 0.1) is 21.1 Å². The number of hydrogen-bond donors (Lipinski definition) is 1. The first-order chi connectivity index (χ1) is 16.1. The predicted octanol–water partition coefficient (Wildman–Crippen LogP) is 4.69. The Bertz CT molecular complexity index is 1390. The quantitative estimate of drug-likeness (QED) is 0.471. The molecule has 0 fully saturated rings. The van der Waals surface area contributed by atoms with E-state index in [0.29, 0.717) is 34.1 Å². The first-order valence-corrected chi connectivity index (χ1v) is 11.1. The van der Waals surface area contributed by atoms with Gasteiger partial charge in [0.25, 0.3) is 0 Å². The number of ether oxygens (including phenoxy) is 4. The molecule has 0 radical (unpaired) electrons. The van der Waals surface area contributed by atoms with Crippen molar-refractivity contribution in [3.63, 3.8) is 0 Å². The topological polar surface area (TPSA) is 111 Å². The van der Waals surface area contributed by atoms with Crippen molar-refractivity contribution in [1.29, 1.82) is 10.5 Å². The van der Waals surface area contributed by atoms with Crippen molar-refractivity contribution in [3.05, 3.63) is 91.9 Å². The molecular formula is C25H16IN3O4. The SMILES string of the molecule is N#CC1=C(N)Oc2cc3c(cc2[C@H]1c1ccc(OCc2ccccc2C#N)c(I)c1)OCO3. The van der Waals surface area contributed by atoms with E-state index in [2.05, 4.69) is 34.7 Å². The monoisotopic (exact) mass is 549 g/mol. The molecule has 33 heavy (non-hydrogen) atoms. The Kier molecular flexibility index (Phi) is 5.45. The molecule has 0 spiro atoms. The average Bonchev–Trinajstić information content (AvgIpc) is 3.28. The molecule has 162 valence electrons. The van der Waals surface area contributed by atoms with Crippen molar-refractivity contribution < 1.29 is 18.9 Å². The molecule has 8 heteroatoms. The molecule has 0 amide bonds. The molecule has 2 N–H and O–H groups in total. The van der Waals surface area contributed by atoms with Gasteiger partial charge in [0, 0.05) is 17.2 Å². The molecule has 2 aliphatic rings. The van der Waals surface area contributed by atoms with Gasteiger partial charge in [-0.2, -0.15) is 10.5 Å². The Morgan fingerprint density at radius 1 is 1.00 bits per heavy atom. The summed E-state index contributed by atoms with van der Waals surface area (Å²) in [5.74, 6) is 2.04. The van der Waals surface area contributed by atoms with Gasteiger partial charge in [-0.25, -0.2) is 0 Å². The van der Waals surface area contributed by atoms with E-state index in [0.717, 1.165) is 20.3 Å². The second kappa shape index (κ2) is 8.57. The maximum absolute atomic E-state index is 9.82. The minimum Gasteiger partial charge on any atom is -0.488 e. The molecule has 2 heterocycles. The number of rotatable bonds is 4. The molecule has 0 saturated heterocycles. The van der Waals surface area contributed by atoms with Crippen LogP contribution in [-0.4, -0.2) is 6.79 Å². The van der Waals surface area contributed by atoms with Crippen LogP contribution in [0.2, 0.25) is 0 Å². The van der Waals surface area contributed by atoms with Crippen molar-refractivity contribution in [2.75, 3.05) is 6.79 Å². The summed E-state index contributed by atoms with van der Waals surface area (Å²) in [6.45, 7) is 0.411. The summed E-state index contributed by atoms with van der Waals surface area (Å²) in [6.07, 6.45) is 0. The Morgan fingerprint density at radius 3 is 2.55 bits per heavy atom. The minimum absolute atomic E-state index is 0.0670. The van der Waals surface area contributed by atoms with E-state index in [1.807, 2.05) is 42.5 Å². The molecule has 0 aliphatic carbocycles. The second-order valence-corrected chi connectivity index (χ2v) is 8.58. The van der Waals surface area contributed by atoms with Crippen LogP contribution in [0.5, 0.6) is 23.0 Å². The molecule has 3 aromatic rings. The van der Waals surface area contributed by atoms with E-state index in [1.165, 1.54) is 0 Å². The van der Waals surface area contributed by atoms with Crippen LogP contribution < -0.4 is 24.7 Å². The van der Waals surface area contributed by atoms with Gasteiger partial charge in [0.1, 0.15) is 29.7 Å². The molecular weight excluding hydrogens is 533 g/mol. The summed E-state index contributed by atoms with van der Waals surface area (Å²) < 4.78 is 23.6. The van der Waals surface area contributed by atoms with Crippen molar-refractivity contribution in [1.82, 2.24) is 0 Å². The van der Waals surface area contributed by atoms with Crippen LogP contribution in [0.15, 0.2) is 66.1 Å². The highest BCUT2D eigenvalue weighted by Gasteiger charge is 2.33. The summed E-state index contributed by atoms with van der Waals surface area (Å²) in [5, 5.41) is 19.1. The number of benzene rings is 3. The molecule has 2 aliphatic heterocycles. The zero-order valence-corrected chi connectivity index (χ0v) is 19.3. The maximum atomic E-state index is 9.82. The molecule has 0 aromatic heterocycles. The molecule has 1 atom stereocenters. The highest BCUT2D eigenvalue weighted by molar-refractivity contribution is 14.1. The lowest BCUT2D eigenvalue weighted by Gasteiger charge is -2.27. The van der Waals surface area contributed by atoms with Crippen LogP contribution in [0.4, 0.5) is 0 Å². The Hall–Kier alpha value is -3.89. The molecule has 0 saturated carbocycles. The Balaban J connectivity index is 1.49. The minimum atomic E-state index is -0.421. The molecule has 5 rings (SSSR count). The molecule has 3 aromatic carbocycles. The average molecular weight is 549 g/mol. The van der Waals surface area contributed by atoms with Gasteiger partial charge in [-0.05, 0) is 52.4 Å². The Morgan fingerprint density at radius 2 is 1.79 bits per heavy atom. The van der Waals surface area contributed by atoms with Gasteiger partial charge >= 0.3 is 0 Å². The number of halogens is 1. The van der Waals surface area contributed by atoms with Crippen LogP contribution in [0.1, 0.15) is 28.2 Å².